The SMILES string of the molecule is C=C(C)CC(O)C1(NS(=O)(=O)c2ccc(Cl)s2)CCCCC1. The van der Waals surface area contributed by atoms with Gasteiger partial charge in [-0.3, -0.25) is 0 Å². The van der Waals surface area contributed by atoms with E-state index in [9.17, 15) is 13.5 Å². The second kappa shape index (κ2) is 7.01. The van der Waals surface area contributed by atoms with E-state index in [1.807, 2.05) is 6.92 Å². The summed E-state index contributed by atoms with van der Waals surface area (Å²) in [6.07, 6.45) is 3.78. The molecule has 0 spiro atoms. The molecule has 4 nitrogen and oxygen atoms in total. The molecular formula is C15H22ClNO3S2. The smallest absolute Gasteiger partial charge is 0.250 e. The lowest BCUT2D eigenvalue weighted by Crippen LogP contribution is -2.57. The third kappa shape index (κ3) is 4.11. The first kappa shape index (κ1) is 17.9. The Balaban J connectivity index is 2.28. The molecule has 7 heteroatoms. The van der Waals surface area contributed by atoms with Crippen molar-refractivity contribution in [2.24, 2.45) is 0 Å². The lowest BCUT2D eigenvalue weighted by atomic mass is 9.77. The molecule has 1 atom stereocenters. The van der Waals surface area contributed by atoms with Crippen LogP contribution in [0.25, 0.3) is 0 Å². The maximum atomic E-state index is 12.6. The number of hydrogen-bond donors (Lipinski definition) is 2. The van der Waals surface area contributed by atoms with Crippen LogP contribution in [0.2, 0.25) is 4.34 Å². The van der Waals surface area contributed by atoms with Gasteiger partial charge in [0.15, 0.2) is 0 Å². The molecule has 1 aromatic heterocycles. The molecular weight excluding hydrogens is 342 g/mol. The second-order valence-electron chi connectivity index (χ2n) is 6.06. The standard InChI is InChI=1S/C15H22ClNO3S2/c1-11(2)10-12(18)15(8-4-3-5-9-15)17-22(19,20)14-7-6-13(16)21-14/h6-7,12,17-18H,1,3-5,8-10H2,2H3. The number of aliphatic hydroxyl groups is 1. The summed E-state index contributed by atoms with van der Waals surface area (Å²) in [5.74, 6) is 0. The number of halogens is 1. The summed E-state index contributed by atoms with van der Waals surface area (Å²) in [7, 11) is -3.68. The normalized spacial score (nSPS) is 19.8. The summed E-state index contributed by atoms with van der Waals surface area (Å²) in [6, 6.07) is 3.07. The lowest BCUT2D eigenvalue weighted by Gasteiger charge is -2.41. The van der Waals surface area contributed by atoms with Crippen molar-refractivity contribution in [1.82, 2.24) is 4.72 Å². The number of hydrogen-bond acceptors (Lipinski definition) is 4. The molecule has 1 aromatic rings. The van der Waals surface area contributed by atoms with E-state index in [1.165, 1.54) is 6.07 Å². The Bertz CT molecular complexity index is 633. The van der Waals surface area contributed by atoms with Gasteiger partial charge in [0.05, 0.1) is 16.0 Å². The molecule has 0 amide bonds. The molecule has 0 bridgehead atoms. The summed E-state index contributed by atoms with van der Waals surface area (Å²) in [6.45, 7) is 5.67. The fourth-order valence-electron chi connectivity index (χ4n) is 2.97. The predicted molar refractivity (Wildman–Crippen MR) is 90.9 cm³/mol. The van der Waals surface area contributed by atoms with Gasteiger partial charge in [-0.15, -0.1) is 17.9 Å². The Kier molecular flexibility index (Phi) is 5.72. The van der Waals surface area contributed by atoms with Gasteiger partial charge in [-0.25, -0.2) is 13.1 Å². The summed E-state index contributed by atoms with van der Waals surface area (Å²) >= 11 is 6.86. The van der Waals surface area contributed by atoms with E-state index >= 15 is 0 Å². The van der Waals surface area contributed by atoms with Crippen LogP contribution >= 0.6 is 22.9 Å². The van der Waals surface area contributed by atoms with E-state index < -0.39 is 21.7 Å². The summed E-state index contributed by atoms with van der Waals surface area (Å²) in [5, 5.41) is 10.6. The zero-order chi connectivity index (χ0) is 16.4. The largest absolute Gasteiger partial charge is 0.391 e. The van der Waals surface area contributed by atoms with Crippen LogP contribution in [0.4, 0.5) is 0 Å². The van der Waals surface area contributed by atoms with Crippen molar-refractivity contribution in [2.75, 3.05) is 0 Å². The van der Waals surface area contributed by atoms with E-state index in [0.717, 1.165) is 36.2 Å². The summed E-state index contributed by atoms with van der Waals surface area (Å²) in [4.78, 5) is 0. The molecule has 2 rings (SSSR count). The third-order valence-electron chi connectivity index (χ3n) is 4.08. The zero-order valence-electron chi connectivity index (χ0n) is 12.6. The van der Waals surface area contributed by atoms with Crippen molar-refractivity contribution in [3.05, 3.63) is 28.6 Å². The van der Waals surface area contributed by atoms with E-state index in [-0.39, 0.29) is 4.21 Å². The molecule has 1 aliphatic carbocycles. The number of rotatable bonds is 6. The molecule has 1 unspecified atom stereocenters. The maximum absolute atomic E-state index is 12.6. The minimum Gasteiger partial charge on any atom is -0.391 e. The Hall–Kier alpha value is -0.400. The van der Waals surface area contributed by atoms with Crippen LogP contribution in [0.15, 0.2) is 28.5 Å². The van der Waals surface area contributed by atoms with Crippen LogP contribution in [-0.4, -0.2) is 25.2 Å². The quantitative estimate of drug-likeness (QED) is 0.757. The zero-order valence-corrected chi connectivity index (χ0v) is 15.0. The fraction of sp³-hybridized carbons (Fsp3) is 0.600. The van der Waals surface area contributed by atoms with E-state index in [4.69, 9.17) is 11.6 Å². The van der Waals surface area contributed by atoms with Crippen molar-refractivity contribution in [1.29, 1.82) is 0 Å². The Morgan fingerprint density at radius 1 is 1.45 bits per heavy atom. The van der Waals surface area contributed by atoms with Gasteiger partial charge in [0.2, 0.25) is 0 Å². The number of sulfonamides is 1. The van der Waals surface area contributed by atoms with Crippen LogP contribution in [0.3, 0.4) is 0 Å². The van der Waals surface area contributed by atoms with Crippen molar-refractivity contribution in [3.63, 3.8) is 0 Å². The Labute approximate surface area is 141 Å². The molecule has 1 fully saturated rings. The van der Waals surface area contributed by atoms with Crippen molar-refractivity contribution >= 4 is 33.0 Å². The first-order valence-electron chi connectivity index (χ1n) is 7.37. The van der Waals surface area contributed by atoms with Gasteiger partial charge >= 0.3 is 0 Å². The number of thiophene rings is 1. The maximum Gasteiger partial charge on any atom is 0.250 e. The molecule has 1 aliphatic rings. The van der Waals surface area contributed by atoms with Crippen LogP contribution in [0.5, 0.6) is 0 Å². The number of nitrogens with one attached hydrogen (secondary N) is 1. The van der Waals surface area contributed by atoms with Gasteiger partial charge in [0.1, 0.15) is 4.21 Å². The first-order valence-corrected chi connectivity index (χ1v) is 10.0. The summed E-state index contributed by atoms with van der Waals surface area (Å²) in [5.41, 5.74) is 0.0304. The molecule has 0 aromatic carbocycles. The van der Waals surface area contributed by atoms with Gasteiger partial charge < -0.3 is 5.11 Å². The van der Waals surface area contributed by atoms with Gasteiger partial charge in [0, 0.05) is 0 Å². The fourth-order valence-corrected chi connectivity index (χ4v) is 5.94. The first-order chi connectivity index (χ1) is 10.3. The average Bonchev–Trinajstić information content (AvgIpc) is 2.86. The van der Waals surface area contributed by atoms with Gasteiger partial charge in [-0.05, 0) is 38.3 Å². The van der Waals surface area contributed by atoms with Gasteiger partial charge in [-0.2, -0.15) is 0 Å². The van der Waals surface area contributed by atoms with Crippen molar-refractivity contribution in [2.45, 2.75) is 61.3 Å². The summed E-state index contributed by atoms with van der Waals surface area (Å²) < 4.78 is 28.6. The highest BCUT2D eigenvalue weighted by molar-refractivity contribution is 7.91. The Morgan fingerprint density at radius 3 is 2.59 bits per heavy atom. The molecule has 1 heterocycles. The lowest BCUT2D eigenvalue weighted by molar-refractivity contribution is 0.0487. The van der Waals surface area contributed by atoms with E-state index in [2.05, 4.69) is 11.3 Å². The minimum atomic E-state index is -3.68. The second-order valence-corrected chi connectivity index (χ2v) is 9.68. The molecule has 1 saturated carbocycles. The predicted octanol–water partition coefficient (Wildman–Crippen LogP) is 3.71. The van der Waals surface area contributed by atoms with Crippen LogP contribution in [-0.2, 0) is 10.0 Å². The van der Waals surface area contributed by atoms with Crippen molar-refractivity contribution in [3.8, 4) is 0 Å². The molecule has 0 saturated heterocycles. The molecule has 0 radical (unpaired) electrons. The monoisotopic (exact) mass is 363 g/mol. The van der Waals surface area contributed by atoms with E-state index in [0.29, 0.717) is 23.6 Å². The van der Waals surface area contributed by atoms with Crippen molar-refractivity contribution < 1.29 is 13.5 Å². The molecule has 124 valence electrons. The third-order valence-corrected chi connectivity index (χ3v) is 7.35. The van der Waals surface area contributed by atoms with Gasteiger partial charge in [-0.1, -0.05) is 36.4 Å². The van der Waals surface area contributed by atoms with Crippen LogP contribution in [0, 0.1) is 0 Å². The molecule has 2 N–H and O–H groups in total. The molecule has 22 heavy (non-hydrogen) atoms. The molecule has 0 aliphatic heterocycles. The van der Waals surface area contributed by atoms with Gasteiger partial charge in [0.25, 0.3) is 10.0 Å². The highest BCUT2D eigenvalue weighted by atomic mass is 35.5. The van der Waals surface area contributed by atoms with Crippen LogP contribution in [0.1, 0.15) is 45.4 Å². The highest BCUT2D eigenvalue weighted by Crippen LogP contribution is 2.36. The highest BCUT2D eigenvalue weighted by Gasteiger charge is 2.42. The average molecular weight is 364 g/mol. The number of aliphatic hydroxyl groups excluding tert-OH is 1. The Morgan fingerprint density at radius 2 is 2.09 bits per heavy atom. The topological polar surface area (TPSA) is 66.4 Å². The van der Waals surface area contributed by atoms with Crippen LogP contribution < -0.4 is 4.72 Å². The van der Waals surface area contributed by atoms with E-state index in [1.54, 1.807) is 6.07 Å². The minimum absolute atomic E-state index is 0.185.